The van der Waals surface area contributed by atoms with E-state index in [1.807, 2.05) is 25.1 Å². The summed E-state index contributed by atoms with van der Waals surface area (Å²) in [5.74, 6) is -0.650. The Labute approximate surface area is 133 Å². The van der Waals surface area contributed by atoms with Gasteiger partial charge in [-0.25, -0.2) is 0 Å². The lowest BCUT2D eigenvalue weighted by molar-refractivity contribution is -0.115. The topological polar surface area (TPSA) is 85.3 Å². The number of amides is 2. The minimum absolute atomic E-state index is 0.153. The van der Waals surface area contributed by atoms with Crippen LogP contribution in [-0.2, 0) is 11.2 Å². The Morgan fingerprint density at radius 1 is 1.13 bits per heavy atom. The second-order valence-corrected chi connectivity index (χ2v) is 5.43. The standard InChI is InChI=1S/C18H16N2O3/c1-11-2-7-15-13(10-23-16(15)8-11)9-17(21)20-14-5-3-12(4-6-14)18(19)22/h2-8,10H,9H2,1H3,(H2,19,22)(H,20,21). The molecule has 0 atom stereocenters. The van der Waals surface area contributed by atoms with E-state index in [1.165, 1.54) is 0 Å². The van der Waals surface area contributed by atoms with Crippen molar-refractivity contribution in [3.8, 4) is 0 Å². The van der Waals surface area contributed by atoms with Crippen LogP contribution in [-0.4, -0.2) is 11.8 Å². The normalized spacial score (nSPS) is 10.7. The molecule has 3 rings (SSSR count). The highest BCUT2D eigenvalue weighted by molar-refractivity contribution is 5.96. The summed E-state index contributed by atoms with van der Waals surface area (Å²) in [6, 6.07) is 12.3. The van der Waals surface area contributed by atoms with Gasteiger partial charge < -0.3 is 15.5 Å². The summed E-state index contributed by atoms with van der Waals surface area (Å²) in [6.07, 6.45) is 1.83. The second-order valence-electron chi connectivity index (χ2n) is 5.43. The van der Waals surface area contributed by atoms with Gasteiger partial charge in [-0.1, -0.05) is 12.1 Å². The van der Waals surface area contributed by atoms with Gasteiger partial charge in [0.05, 0.1) is 12.7 Å². The number of fused-ring (bicyclic) bond motifs is 1. The molecule has 2 amide bonds. The van der Waals surface area contributed by atoms with Crippen molar-refractivity contribution < 1.29 is 14.0 Å². The van der Waals surface area contributed by atoms with E-state index < -0.39 is 5.91 Å². The molecule has 0 bridgehead atoms. The molecule has 5 nitrogen and oxygen atoms in total. The van der Waals surface area contributed by atoms with E-state index in [0.717, 1.165) is 22.1 Å². The summed E-state index contributed by atoms with van der Waals surface area (Å²) in [5, 5.41) is 3.73. The average molecular weight is 308 g/mol. The van der Waals surface area contributed by atoms with Gasteiger partial charge in [-0.2, -0.15) is 0 Å². The van der Waals surface area contributed by atoms with Crippen molar-refractivity contribution in [2.45, 2.75) is 13.3 Å². The van der Waals surface area contributed by atoms with Crippen molar-refractivity contribution >= 4 is 28.5 Å². The fraction of sp³-hybridized carbons (Fsp3) is 0.111. The van der Waals surface area contributed by atoms with Crippen molar-refractivity contribution in [1.82, 2.24) is 0 Å². The molecule has 0 aliphatic carbocycles. The van der Waals surface area contributed by atoms with Gasteiger partial charge in [0, 0.05) is 22.2 Å². The van der Waals surface area contributed by atoms with Crippen molar-refractivity contribution in [2.24, 2.45) is 5.73 Å². The first-order chi connectivity index (χ1) is 11.0. The van der Waals surface area contributed by atoms with E-state index in [-0.39, 0.29) is 12.3 Å². The van der Waals surface area contributed by atoms with Gasteiger partial charge >= 0.3 is 0 Å². The fourth-order valence-corrected chi connectivity index (χ4v) is 2.42. The summed E-state index contributed by atoms with van der Waals surface area (Å²) < 4.78 is 5.49. The predicted molar refractivity (Wildman–Crippen MR) is 88.2 cm³/mol. The van der Waals surface area contributed by atoms with Crippen molar-refractivity contribution in [3.05, 3.63) is 65.4 Å². The maximum atomic E-state index is 12.2. The minimum Gasteiger partial charge on any atom is -0.464 e. The number of carbonyl (C=O) groups excluding carboxylic acids is 2. The monoisotopic (exact) mass is 308 g/mol. The van der Waals surface area contributed by atoms with Crippen LogP contribution in [0, 0.1) is 6.92 Å². The number of aryl methyl sites for hydroxylation is 1. The molecule has 116 valence electrons. The van der Waals surface area contributed by atoms with E-state index in [0.29, 0.717) is 11.3 Å². The van der Waals surface area contributed by atoms with Crippen molar-refractivity contribution in [2.75, 3.05) is 5.32 Å². The zero-order chi connectivity index (χ0) is 16.4. The number of hydrogen-bond acceptors (Lipinski definition) is 3. The summed E-state index contributed by atoms with van der Waals surface area (Å²) in [5.41, 5.74) is 8.92. The number of furan rings is 1. The molecule has 0 aliphatic rings. The molecule has 0 unspecified atom stereocenters. The highest BCUT2D eigenvalue weighted by atomic mass is 16.3. The van der Waals surface area contributed by atoms with Crippen LogP contribution in [0.5, 0.6) is 0 Å². The largest absolute Gasteiger partial charge is 0.464 e. The van der Waals surface area contributed by atoms with Crippen LogP contribution < -0.4 is 11.1 Å². The fourth-order valence-electron chi connectivity index (χ4n) is 2.42. The minimum atomic E-state index is -0.497. The molecule has 5 heteroatoms. The maximum absolute atomic E-state index is 12.2. The van der Waals surface area contributed by atoms with E-state index in [1.54, 1.807) is 30.5 Å². The SMILES string of the molecule is Cc1ccc2c(CC(=O)Nc3ccc(C(N)=O)cc3)coc2c1. The van der Waals surface area contributed by atoms with Crippen LogP contribution in [0.4, 0.5) is 5.69 Å². The third-order valence-corrected chi connectivity index (χ3v) is 3.62. The van der Waals surface area contributed by atoms with Crippen molar-refractivity contribution in [3.63, 3.8) is 0 Å². The second kappa shape index (κ2) is 5.96. The highest BCUT2D eigenvalue weighted by Gasteiger charge is 2.11. The lowest BCUT2D eigenvalue weighted by atomic mass is 10.1. The molecule has 3 N–H and O–H groups in total. The van der Waals surface area contributed by atoms with Crippen LogP contribution in [0.15, 0.2) is 53.1 Å². The molecule has 0 fully saturated rings. The summed E-state index contributed by atoms with van der Waals surface area (Å²) in [6.45, 7) is 1.99. The smallest absolute Gasteiger partial charge is 0.248 e. The van der Waals surface area contributed by atoms with Crippen LogP contribution >= 0.6 is 0 Å². The molecule has 0 saturated heterocycles. The van der Waals surface area contributed by atoms with Gasteiger partial charge in [-0.3, -0.25) is 9.59 Å². The molecule has 0 spiro atoms. The van der Waals surface area contributed by atoms with Gasteiger partial charge in [-0.15, -0.1) is 0 Å². The molecule has 2 aromatic carbocycles. The number of benzene rings is 2. The van der Waals surface area contributed by atoms with Gasteiger partial charge in [0.15, 0.2) is 0 Å². The van der Waals surface area contributed by atoms with E-state index in [2.05, 4.69) is 5.32 Å². The first-order valence-corrected chi connectivity index (χ1v) is 7.19. The third-order valence-electron chi connectivity index (χ3n) is 3.62. The Balaban J connectivity index is 1.72. The summed E-state index contributed by atoms with van der Waals surface area (Å²) >= 11 is 0. The quantitative estimate of drug-likeness (QED) is 0.777. The van der Waals surface area contributed by atoms with E-state index in [4.69, 9.17) is 10.2 Å². The van der Waals surface area contributed by atoms with Crippen LogP contribution in [0.1, 0.15) is 21.5 Å². The van der Waals surface area contributed by atoms with Crippen LogP contribution in [0.25, 0.3) is 11.0 Å². The maximum Gasteiger partial charge on any atom is 0.248 e. The highest BCUT2D eigenvalue weighted by Crippen LogP contribution is 2.23. The zero-order valence-electron chi connectivity index (χ0n) is 12.6. The molecule has 0 saturated carbocycles. The van der Waals surface area contributed by atoms with E-state index in [9.17, 15) is 9.59 Å². The van der Waals surface area contributed by atoms with E-state index >= 15 is 0 Å². The Hall–Kier alpha value is -3.08. The Kier molecular flexibility index (Phi) is 3.85. The Morgan fingerprint density at radius 2 is 1.87 bits per heavy atom. The summed E-state index contributed by atoms with van der Waals surface area (Å²) in [4.78, 5) is 23.2. The number of hydrogen-bond donors (Lipinski definition) is 2. The lowest BCUT2D eigenvalue weighted by Crippen LogP contribution is -2.15. The number of nitrogens with one attached hydrogen (secondary N) is 1. The zero-order valence-corrected chi connectivity index (χ0v) is 12.6. The molecule has 0 radical (unpaired) electrons. The number of rotatable bonds is 4. The molecular weight excluding hydrogens is 292 g/mol. The number of anilines is 1. The number of carbonyl (C=O) groups is 2. The number of nitrogens with two attached hydrogens (primary N) is 1. The molecule has 1 aromatic heterocycles. The summed E-state index contributed by atoms with van der Waals surface area (Å²) in [7, 11) is 0. The molecule has 23 heavy (non-hydrogen) atoms. The Morgan fingerprint density at radius 3 is 2.57 bits per heavy atom. The van der Waals surface area contributed by atoms with Gasteiger partial charge in [-0.05, 0) is 42.8 Å². The van der Waals surface area contributed by atoms with Crippen LogP contribution in [0.3, 0.4) is 0 Å². The molecular formula is C18H16N2O3. The average Bonchev–Trinajstić information content (AvgIpc) is 2.89. The third kappa shape index (κ3) is 3.23. The van der Waals surface area contributed by atoms with Gasteiger partial charge in [0.2, 0.25) is 11.8 Å². The first-order valence-electron chi connectivity index (χ1n) is 7.19. The molecule has 1 heterocycles. The Bertz CT molecular complexity index is 879. The van der Waals surface area contributed by atoms with Crippen LogP contribution in [0.2, 0.25) is 0 Å². The first kappa shape index (κ1) is 14.8. The van der Waals surface area contributed by atoms with Gasteiger partial charge in [0.25, 0.3) is 0 Å². The lowest BCUT2D eigenvalue weighted by Gasteiger charge is -2.05. The predicted octanol–water partition coefficient (Wildman–Crippen LogP) is 3.02. The van der Waals surface area contributed by atoms with Gasteiger partial charge in [0.1, 0.15) is 5.58 Å². The molecule has 0 aliphatic heterocycles. The number of primary amides is 1. The molecule has 3 aromatic rings. The van der Waals surface area contributed by atoms with Crippen molar-refractivity contribution in [1.29, 1.82) is 0 Å².